The van der Waals surface area contributed by atoms with Gasteiger partial charge in [-0.25, -0.2) is 0 Å². The summed E-state index contributed by atoms with van der Waals surface area (Å²) in [5, 5.41) is 9.79. The molecule has 1 unspecified atom stereocenters. The number of thioether (sulfide) groups is 1. The van der Waals surface area contributed by atoms with Gasteiger partial charge in [0.25, 0.3) is 0 Å². The van der Waals surface area contributed by atoms with E-state index in [4.69, 9.17) is 0 Å². The molecule has 16 heavy (non-hydrogen) atoms. The quantitative estimate of drug-likeness (QED) is 0.855. The molecule has 0 aliphatic carbocycles. The second-order valence-corrected chi connectivity index (χ2v) is 5.50. The van der Waals surface area contributed by atoms with Gasteiger partial charge in [0.05, 0.1) is 6.10 Å². The SMILES string of the molecule is CC1CSCCN1c1ccccc1[C@H](C)O. The van der Waals surface area contributed by atoms with Crippen molar-refractivity contribution in [2.24, 2.45) is 0 Å². The molecule has 2 atom stereocenters. The largest absolute Gasteiger partial charge is 0.389 e. The Hall–Kier alpha value is -0.670. The van der Waals surface area contributed by atoms with Crippen LogP contribution in [0.2, 0.25) is 0 Å². The van der Waals surface area contributed by atoms with Crippen LogP contribution in [0.4, 0.5) is 5.69 Å². The Morgan fingerprint density at radius 2 is 2.19 bits per heavy atom. The second kappa shape index (κ2) is 5.11. The molecular formula is C13H19NOS. The van der Waals surface area contributed by atoms with Crippen LogP contribution < -0.4 is 4.90 Å². The zero-order valence-electron chi connectivity index (χ0n) is 9.89. The van der Waals surface area contributed by atoms with Crippen molar-refractivity contribution in [2.75, 3.05) is 23.0 Å². The molecule has 0 radical (unpaired) electrons. The summed E-state index contributed by atoms with van der Waals surface area (Å²) in [5.41, 5.74) is 2.24. The normalized spacial score (nSPS) is 23.2. The lowest BCUT2D eigenvalue weighted by atomic mass is 10.1. The van der Waals surface area contributed by atoms with Crippen molar-refractivity contribution in [3.63, 3.8) is 0 Å². The Balaban J connectivity index is 2.31. The summed E-state index contributed by atoms with van der Waals surface area (Å²) in [6, 6.07) is 8.74. The van der Waals surface area contributed by atoms with Crippen molar-refractivity contribution >= 4 is 17.4 Å². The third kappa shape index (κ3) is 2.36. The molecule has 0 aromatic heterocycles. The third-order valence-electron chi connectivity index (χ3n) is 3.06. The molecule has 2 rings (SSSR count). The van der Waals surface area contributed by atoms with Crippen LogP contribution in [0, 0.1) is 0 Å². The fourth-order valence-corrected chi connectivity index (χ4v) is 3.20. The van der Waals surface area contributed by atoms with Gasteiger partial charge in [0, 0.05) is 35.3 Å². The number of rotatable bonds is 2. The lowest BCUT2D eigenvalue weighted by molar-refractivity contribution is 0.199. The highest BCUT2D eigenvalue weighted by Gasteiger charge is 2.21. The van der Waals surface area contributed by atoms with E-state index in [1.54, 1.807) is 0 Å². The van der Waals surface area contributed by atoms with Crippen LogP contribution in [0.25, 0.3) is 0 Å². The van der Waals surface area contributed by atoms with Crippen LogP contribution in [-0.4, -0.2) is 29.2 Å². The first-order chi connectivity index (χ1) is 7.70. The highest BCUT2D eigenvalue weighted by atomic mass is 32.2. The van der Waals surface area contributed by atoms with Crippen LogP contribution in [0.1, 0.15) is 25.5 Å². The average molecular weight is 237 g/mol. The van der Waals surface area contributed by atoms with Crippen LogP contribution in [0.15, 0.2) is 24.3 Å². The molecule has 0 bridgehead atoms. The van der Waals surface area contributed by atoms with Gasteiger partial charge in [-0.1, -0.05) is 18.2 Å². The summed E-state index contributed by atoms with van der Waals surface area (Å²) >= 11 is 2.01. The minimum atomic E-state index is -0.391. The van der Waals surface area contributed by atoms with Gasteiger partial charge in [0.15, 0.2) is 0 Å². The lowest BCUT2D eigenvalue weighted by Gasteiger charge is -2.36. The number of hydrogen-bond donors (Lipinski definition) is 1. The van der Waals surface area contributed by atoms with Gasteiger partial charge in [0.2, 0.25) is 0 Å². The zero-order chi connectivity index (χ0) is 11.5. The van der Waals surface area contributed by atoms with Crippen LogP contribution in [0.5, 0.6) is 0 Å². The van der Waals surface area contributed by atoms with E-state index in [0.29, 0.717) is 6.04 Å². The number of nitrogens with zero attached hydrogens (tertiary/aromatic N) is 1. The van der Waals surface area contributed by atoms with E-state index in [0.717, 1.165) is 12.1 Å². The smallest absolute Gasteiger partial charge is 0.0781 e. The molecule has 1 aromatic carbocycles. The maximum atomic E-state index is 9.79. The Kier molecular flexibility index (Phi) is 3.77. The number of aliphatic hydroxyl groups is 1. The summed E-state index contributed by atoms with van der Waals surface area (Å²) < 4.78 is 0. The van der Waals surface area contributed by atoms with Gasteiger partial charge in [-0.15, -0.1) is 0 Å². The first kappa shape index (κ1) is 11.8. The monoisotopic (exact) mass is 237 g/mol. The van der Waals surface area contributed by atoms with Crippen molar-refractivity contribution in [3.05, 3.63) is 29.8 Å². The number of benzene rings is 1. The highest BCUT2D eigenvalue weighted by molar-refractivity contribution is 7.99. The van der Waals surface area contributed by atoms with Crippen molar-refractivity contribution in [1.82, 2.24) is 0 Å². The average Bonchev–Trinajstić information content (AvgIpc) is 2.29. The maximum Gasteiger partial charge on any atom is 0.0781 e. The van der Waals surface area contributed by atoms with Crippen molar-refractivity contribution in [3.8, 4) is 0 Å². The second-order valence-electron chi connectivity index (χ2n) is 4.35. The molecule has 1 saturated heterocycles. The molecule has 0 amide bonds. The van der Waals surface area contributed by atoms with Crippen LogP contribution in [-0.2, 0) is 0 Å². The fraction of sp³-hybridized carbons (Fsp3) is 0.538. The molecular weight excluding hydrogens is 218 g/mol. The molecule has 0 spiro atoms. The minimum absolute atomic E-state index is 0.391. The van der Waals surface area contributed by atoms with E-state index in [1.807, 2.05) is 30.8 Å². The van der Waals surface area contributed by atoms with Gasteiger partial charge < -0.3 is 10.0 Å². The molecule has 0 saturated carbocycles. The van der Waals surface area contributed by atoms with Gasteiger partial charge in [-0.3, -0.25) is 0 Å². The number of hydrogen-bond acceptors (Lipinski definition) is 3. The van der Waals surface area contributed by atoms with Gasteiger partial charge >= 0.3 is 0 Å². The predicted molar refractivity (Wildman–Crippen MR) is 71.2 cm³/mol. The molecule has 1 heterocycles. The maximum absolute atomic E-state index is 9.79. The number of para-hydroxylation sites is 1. The summed E-state index contributed by atoms with van der Waals surface area (Å²) in [6.07, 6.45) is -0.391. The van der Waals surface area contributed by atoms with Crippen molar-refractivity contribution < 1.29 is 5.11 Å². The predicted octanol–water partition coefficient (Wildman–Crippen LogP) is 2.68. The van der Waals surface area contributed by atoms with Crippen LogP contribution in [0.3, 0.4) is 0 Å². The van der Waals surface area contributed by atoms with Crippen molar-refractivity contribution in [1.29, 1.82) is 0 Å². The first-order valence-electron chi connectivity index (χ1n) is 5.81. The Morgan fingerprint density at radius 3 is 2.88 bits per heavy atom. The van der Waals surface area contributed by atoms with E-state index in [-0.39, 0.29) is 0 Å². The van der Waals surface area contributed by atoms with Crippen molar-refractivity contribution in [2.45, 2.75) is 26.0 Å². The molecule has 1 N–H and O–H groups in total. The van der Waals surface area contributed by atoms with E-state index in [1.165, 1.54) is 17.2 Å². The third-order valence-corrected chi connectivity index (χ3v) is 4.25. The van der Waals surface area contributed by atoms with E-state index < -0.39 is 6.10 Å². The Morgan fingerprint density at radius 1 is 1.44 bits per heavy atom. The van der Waals surface area contributed by atoms with Gasteiger partial charge in [-0.2, -0.15) is 11.8 Å². The minimum Gasteiger partial charge on any atom is -0.389 e. The molecule has 2 nitrogen and oxygen atoms in total. The number of aliphatic hydroxyl groups excluding tert-OH is 1. The molecule has 1 aliphatic heterocycles. The first-order valence-corrected chi connectivity index (χ1v) is 6.97. The zero-order valence-corrected chi connectivity index (χ0v) is 10.7. The van der Waals surface area contributed by atoms with E-state index in [2.05, 4.69) is 24.0 Å². The van der Waals surface area contributed by atoms with Gasteiger partial charge in [-0.05, 0) is 19.9 Å². The highest BCUT2D eigenvalue weighted by Crippen LogP contribution is 2.30. The summed E-state index contributed by atoms with van der Waals surface area (Å²) in [6.45, 7) is 5.17. The molecule has 1 fully saturated rings. The summed E-state index contributed by atoms with van der Waals surface area (Å²) in [7, 11) is 0. The van der Waals surface area contributed by atoms with Gasteiger partial charge in [0.1, 0.15) is 0 Å². The summed E-state index contributed by atoms with van der Waals surface area (Å²) in [5.74, 6) is 2.35. The van der Waals surface area contributed by atoms with E-state index in [9.17, 15) is 5.11 Å². The lowest BCUT2D eigenvalue weighted by Crippen LogP contribution is -2.41. The standard InChI is InChI=1S/C13H19NOS/c1-10-9-16-8-7-14(10)13-6-4-3-5-12(13)11(2)15/h3-6,10-11,15H,7-9H2,1-2H3/t10?,11-/m0/s1. The molecule has 3 heteroatoms. The Bertz CT molecular complexity index is 354. The summed E-state index contributed by atoms with van der Waals surface area (Å²) in [4.78, 5) is 2.42. The van der Waals surface area contributed by atoms with E-state index >= 15 is 0 Å². The van der Waals surface area contributed by atoms with Crippen LogP contribution >= 0.6 is 11.8 Å². The fourth-order valence-electron chi connectivity index (χ4n) is 2.19. The molecule has 88 valence electrons. The molecule has 1 aromatic rings. The Labute approximate surface area is 102 Å². The number of anilines is 1. The topological polar surface area (TPSA) is 23.5 Å². The molecule has 1 aliphatic rings.